The standard InChI is InChI=1S/C16H17ClFNO/c1-11(13-7-8-14(17)15(18)9-13)19-16(10-20)12-5-3-2-4-6-12/h2-9,11,16,19-20H,10H2,1H3/t11?,16-/m1/s1. The molecule has 0 aliphatic carbocycles. The molecule has 2 atom stereocenters. The molecule has 0 amide bonds. The number of benzene rings is 2. The zero-order valence-corrected chi connectivity index (χ0v) is 11.9. The second-order valence-corrected chi connectivity index (χ2v) is 5.11. The summed E-state index contributed by atoms with van der Waals surface area (Å²) in [5.41, 5.74) is 1.79. The summed E-state index contributed by atoms with van der Waals surface area (Å²) in [4.78, 5) is 0. The Morgan fingerprint density at radius 2 is 1.85 bits per heavy atom. The lowest BCUT2D eigenvalue weighted by molar-refractivity contribution is 0.235. The van der Waals surface area contributed by atoms with Crippen LogP contribution in [0.3, 0.4) is 0 Å². The molecule has 2 aromatic rings. The van der Waals surface area contributed by atoms with Crippen molar-refractivity contribution < 1.29 is 9.50 Å². The Morgan fingerprint density at radius 1 is 1.15 bits per heavy atom. The fourth-order valence-electron chi connectivity index (χ4n) is 2.12. The molecule has 0 spiro atoms. The summed E-state index contributed by atoms with van der Waals surface area (Å²) in [6.07, 6.45) is 0. The molecule has 106 valence electrons. The SMILES string of the molecule is CC(N[C@H](CO)c1ccccc1)c1ccc(Cl)c(F)c1. The monoisotopic (exact) mass is 293 g/mol. The third-order valence-electron chi connectivity index (χ3n) is 3.28. The average molecular weight is 294 g/mol. The van der Waals surface area contributed by atoms with Gasteiger partial charge in [-0.25, -0.2) is 4.39 Å². The third-order valence-corrected chi connectivity index (χ3v) is 3.59. The molecule has 1 unspecified atom stereocenters. The van der Waals surface area contributed by atoms with Crippen molar-refractivity contribution in [1.29, 1.82) is 0 Å². The third kappa shape index (κ3) is 3.57. The topological polar surface area (TPSA) is 32.3 Å². The van der Waals surface area contributed by atoms with Crippen LogP contribution in [0, 0.1) is 5.82 Å². The highest BCUT2D eigenvalue weighted by Crippen LogP contribution is 2.23. The normalized spacial score (nSPS) is 14.0. The van der Waals surface area contributed by atoms with E-state index < -0.39 is 5.82 Å². The summed E-state index contributed by atoms with van der Waals surface area (Å²) in [5.74, 6) is -0.432. The van der Waals surface area contributed by atoms with Crippen LogP contribution in [0.1, 0.15) is 30.1 Å². The van der Waals surface area contributed by atoms with Gasteiger partial charge < -0.3 is 10.4 Å². The molecule has 0 radical (unpaired) electrons. The van der Waals surface area contributed by atoms with Crippen LogP contribution in [-0.4, -0.2) is 11.7 Å². The van der Waals surface area contributed by atoms with Crippen molar-refractivity contribution in [3.05, 3.63) is 70.5 Å². The Hall–Kier alpha value is -1.42. The minimum Gasteiger partial charge on any atom is -0.394 e. The van der Waals surface area contributed by atoms with Crippen molar-refractivity contribution in [3.63, 3.8) is 0 Å². The van der Waals surface area contributed by atoms with E-state index in [0.29, 0.717) is 0 Å². The fraction of sp³-hybridized carbons (Fsp3) is 0.250. The number of aliphatic hydroxyl groups is 1. The van der Waals surface area contributed by atoms with Crippen LogP contribution in [0.25, 0.3) is 0 Å². The molecule has 2 nitrogen and oxygen atoms in total. The fourth-order valence-corrected chi connectivity index (χ4v) is 2.24. The van der Waals surface area contributed by atoms with Crippen molar-refractivity contribution in [2.75, 3.05) is 6.61 Å². The van der Waals surface area contributed by atoms with Crippen molar-refractivity contribution in [3.8, 4) is 0 Å². The Balaban J connectivity index is 2.13. The molecule has 0 heterocycles. The van der Waals surface area contributed by atoms with E-state index in [9.17, 15) is 9.50 Å². The van der Waals surface area contributed by atoms with E-state index >= 15 is 0 Å². The van der Waals surface area contributed by atoms with Gasteiger partial charge in [0.25, 0.3) is 0 Å². The first-order valence-corrected chi connectivity index (χ1v) is 6.86. The predicted molar refractivity (Wildman–Crippen MR) is 79.2 cm³/mol. The zero-order chi connectivity index (χ0) is 14.5. The van der Waals surface area contributed by atoms with Gasteiger partial charge in [-0.05, 0) is 30.2 Å². The van der Waals surface area contributed by atoms with Gasteiger partial charge in [0.1, 0.15) is 5.82 Å². The van der Waals surface area contributed by atoms with Gasteiger partial charge in [-0.2, -0.15) is 0 Å². The van der Waals surface area contributed by atoms with Crippen molar-refractivity contribution in [1.82, 2.24) is 5.32 Å². The molecule has 0 aliphatic heterocycles. The van der Waals surface area contributed by atoms with Gasteiger partial charge in [-0.1, -0.05) is 48.0 Å². The first-order chi connectivity index (χ1) is 9.61. The highest BCUT2D eigenvalue weighted by atomic mass is 35.5. The lowest BCUT2D eigenvalue weighted by Gasteiger charge is -2.22. The van der Waals surface area contributed by atoms with Gasteiger partial charge in [0, 0.05) is 6.04 Å². The van der Waals surface area contributed by atoms with Crippen LogP contribution in [0.2, 0.25) is 5.02 Å². The first kappa shape index (κ1) is 15.0. The maximum Gasteiger partial charge on any atom is 0.142 e. The van der Waals surface area contributed by atoms with Crippen LogP contribution in [0.15, 0.2) is 48.5 Å². The summed E-state index contributed by atoms with van der Waals surface area (Å²) < 4.78 is 13.5. The number of nitrogens with one attached hydrogen (secondary N) is 1. The smallest absolute Gasteiger partial charge is 0.142 e. The summed E-state index contributed by atoms with van der Waals surface area (Å²) >= 11 is 5.68. The quantitative estimate of drug-likeness (QED) is 0.877. The van der Waals surface area contributed by atoms with Crippen LogP contribution >= 0.6 is 11.6 Å². The highest BCUT2D eigenvalue weighted by Gasteiger charge is 2.15. The number of aliphatic hydroxyl groups excluding tert-OH is 1. The van der Waals surface area contributed by atoms with Crippen molar-refractivity contribution in [2.45, 2.75) is 19.0 Å². The minimum atomic E-state index is -0.432. The predicted octanol–water partition coefficient (Wildman–Crippen LogP) is 3.86. The molecule has 4 heteroatoms. The van der Waals surface area contributed by atoms with Crippen molar-refractivity contribution in [2.24, 2.45) is 0 Å². The number of halogens is 2. The van der Waals surface area contributed by atoms with Gasteiger partial charge in [-0.3, -0.25) is 0 Å². The van der Waals surface area contributed by atoms with E-state index in [4.69, 9.17) is 11.6 Å². The Kier molecular flexibility index (Phi) is 5.12. The van der Waals surface area contributed by atoms with Gasteiger partial charge in [0.2, 0.25) is 0 Å². The van der Waals surface area contributed by atoms with Gasteiger partial charge in [-0.15, -0.1) is 0 Å². The Morgan fingerprint density at radius 3 is 2.45 bits per heavy atom. The highest BCUT2D eigenvalue weighted by molar-refractivity contribution is 6.30. The minimum absolute atomic E-state index is 0.0234. The second kappa shape index (κ2) is 6.84. The summed E-state index contributed by atoms with van der Waals surface area (Å²) in [7, 11) is 0. The lowest BCUT2D eigenvalue weighted by Crippen LogP contribution is -2.27. The van der Waals surface area contributed by atoms with Crippen LogP contribution < -0.4 is 5.32 Å². The summed E-state index contributed by atoms with van der Waals surface area (Å²) in [6.45, 7) is 1.90. The molecule has 20 heavy (non-hydrogen) atoms. The van der Waals surface area contributed by atoms with Gasteiger partial charge in [0.05, 0.1) is 17.7 Å². The maximum absolute atomic E-state index is 13.5. The molecular formula is C16H17ClFNO. The summed E-state index contributed by atoms with van der Waals surface area (Å²) in [6, 6.07) is 14.1. The second-order valence-electron chi connectivity index (χ2n) is 4.71. The van der Waals surface area contributed by atoms with E-state index in [-0.39, 0.29) is 23.7 Å². The zero-order valence-electron chi connectivity index (χ0n) is 11.2. The largest absolute Gasteiger partial charge is 0.394 e. The van der Waals surface area contributed by atoms with Crippen LogP contribution in [0.5, 0.6) is 0 Å². The van der Waals surface area contributed by atoms with E-state index in [0.717, 1.165) is 11.1 Å². The van der Waals surface area contributed by atoms with E-state index in [1.807, 2.05) is 37.3 Å². The lowest BCUT2D eigenvalue weighted by atomic mass is 10.0. The molecular weight excluding hydrogens is 277 g/mol. The number of rotatable bonds is 5. The van der Waals surface area contributed by atoms with E-state index in [2.05, 4.69) is 5.32 Å². The molecule has 2 aromatic carbocycles. The molecule has 0 aliphatic rings. The Bertz CT molecular complexity index is 562. The number of hydrogen-bond donors (Lipinski definition) is 2. The van der Waals surface area contributed by atoms with E-state index in [1.165, 1.54) is 6.07 Å². The maximum atomic E-state index is 13.5. The summed E-state index contributed by atoms with van der Waals surface area (Å²) in [5, 5.41) is 12.9. The molecule has 0 aromatic heterocycles. The van der Waals surface area contributed by atoms with Crippen molar-refractivity contribution >= 4 is 11.6 Å². The average Bonchev–Trinajstić information content (AvgIpc) is 2.48. The first-order valence-electron chi connectivity index (χ1n) is 6.48. The molecule has 0 saturated carbocycles. The molecule has 0 fully saturated rings. The van der Waals surface area contributed by atoms with Crippen LogP contribution in [-0.2, 0) is 0 Å². The van der Waals surface area contributed by atoms with Crippen LogP contribution in [0.4, 0.5) is 4.39 Å². The molecule has 0 bridgehead atoms. The number of hydrogen-bond acceptors (Lipinski definition) is 2. The van der Waals surface area contributed by atoms with Gasteiger partial charge >= 0.3 is 0 Å². The molecule has 0 saturated heterocycles. The Labute approximate surface area is 123 Å². The molecule has 2 N–H and O–H groups in total. The molecule has 2 rings (SSSR count). The van der Waals surface area contributed by atoms with Gasteiger partial charge in [0.15, 0.2) is 0 Å². The van der Waals surface area contributed by atoms with E-state index in [1.54, 1.807) is 12.1 Å².